The van der Waals surface area contributed by atoms with Gasteiger partial charge in [0.1, 0.15) is 5.00 Å². The molecule has 2 aromatic rings. The van der Waals surface area contributed by atoms with Crippen LogP contribution in [0.3, 0.4) is 0 Å². The Labute approximate surface area is 184 Å². The SMILES string of the molecule is CCOC(=O)NC(=O)c1c(NC(=O)c2ccc(SCC)cc2)sc2c1CCCCC2. The number of hydrogen-bond donors (Lipinski definition) is 2. The standard InChI is InChI=1S/C22H26N2O4S2/c1-3-28-22(27)24-20(26)18-16-8-6-5-7-9-17(16)30-21(18)23-19(25)14-10-12-15(13-11-14)29-4-2/h10-13H,3-9H2,1-2H3,(H,23,25)(H,24,26,27). The van der Waals surface area contributed by atoms with Gasteiger partial charge in [-0.15, -0.1) is 23.1 Å². The summed E-state index contributed by atoms with van der Waals surface area (Å²) in [5.41, 5.74) is 1.84. The molecule has 8 heteroatoms. The molecule has 160 valence electrons. The number of thioether (sulfide) groups is 1. The van der Waals surface area contributed by atoms with Gasteiger partial charge in [0.25, 0.3) is 11.8 Å². The van der Waals surface area contributed by atoms with Crippen molar-refractivity contribution in [1.29, 1.82) is 0 Å². The fraction of sp³-hybridized carbons (Fsp3) is 0.409. The van der Waals surface area contributed by atoms with Crippen molar-refractivity contribution in [2.24, 2.45) is 0 Å². The number of carbonyl (C=O) groups excluding carboxylic acids is 3. The molecule has 0 saturated carbocycles. The lowest BCUT2D eigenvalue weighted by atomic mass is 10.0. The molecule has 1 aliphatic rings. The molecule has 0 atom stereocenters. The van der Waals surface area contributed by atoms with Crippen LogP contribution in [0.1, 0.15) is 64.3 Å². The highest BCUT2D eigenvalue weighted by atomic mass is 32.2. The van der Waals surface area contributed by atoms with Gasteiger partial charge in [-0.25, -0.2) is 4.79 Å². The zero-order chi connectivity index (χ0) is 21.5. The van der Waals surface area contributed by atoms with E-state index in [0.717, 1.165) is 53.2 Å². The van der Waals surface area contributed by atoms with Crippen molar-refractivity contribution in [3.05, 3.63) is 45.8 Å². The van der Waals surface area contributed by atoms with E-state index >= 15 is 0 Å². The summed E-state index contributed by atoms with van der Waals surface area (Å²) in [7, 11) is 0. The van der Waals surface area contributed by atoms with Crippen LogP contribution in [-0.4, -0.2) is 30.3 Å². The fourth-order valence-electron chi connectivity index (χ4n) is 3.44. The number of benzene rings is 1. The molecule has 0 radical (unpaired) electrons. The Morgan fingerprint density at radius 3 is 2.47 bits per heavy atom. The predicted octanol–water partition coefficient (Wildman–Crippen LogP) is 5.27. The molecule has 3 amide bonds. The van der Waals surface area contributed by atoms with Gasteiger partial charge in [-0.2, -0.15) is 0 Å². The molecule has 3 rings (SSSR count). The normalized spacial score (nSPS) is 13.1. The third-order valence-corrected chi connectivity index (χ3v) is 6.90. The summed E-state index contributed by atoms with van der Waals surface area (Å²) in [6, 6.07) is 7.40. The van der Waals surface area contributed by atoms with Gasteiger partial charge in [0, 0.05) is 15.3 Å². The minimum absolute atomic E-state index is 0.177. The van der Waals surface area contributed by atoms with Gasteiger partial charge in [-0.1, -0.05) is 13.3 Å². The summed E-state index contributed by atoms with van der Waals surface area (Å²) >= 11 is 3.14. The third-order valence-electron chi connectivity index (χ3n) is 4.79. The summed E-state index contributed by atoms with van der Waals surface area (Å²) in [4.78, 5) is 39.7. The number of amides is 3. The van der Waals surface area contributed by atoms with Gasteiger partial charge in [0.2, 0.25) is 0 Å². The van der Waals surface area contributed by atoms with Crippen LogP contribution >= 0.6 is 23.1 Å². The van der Waals surface area contributed by atoms with Crippen molar-refractivity contribution in [3.8, 4) is 0 Å². The average Bonchev–Trinajstić information content (AvgIpc) is 2.89. The van der Waals surface area contributed by atoms with Gasteiger partial charge >= 0.3 is 6.09 Å². The number of fused-ring (bicyclic) bond motifs is 1. The van der Waals surface area contributed by atoms with Crippen molar-refractivity contribution in [2.45, 2.75) is 50.8 Å². The minimum atomic E-state index is -0.780. The molecule has 1 aliphatic carbocycles. The van der Waals surface area contributed by atoms with E-state index in [-0.39, 0.29) is 12.5 Å². The number of imide groups is 1. The molecule has 0 bridgehead atoms. The summed E-state index contributed by atoms with van der Waals surface area (Å²) in [5.74, 6) is 0.160. The van der Waals surface area contributed by atoms with E-state index in [1.165, 1.54) is 11.3 Å². The van der Waals surface area contributed by atoms with Gasteiger partial charge in [-0.05, 0) is 68.2 Å². The monoisotopic (exact) mass is 446 g/mol. The van der Waals surface area contributed by atoms with Crippen LogP contribution in [0.4, 0.5) is 9.80 Å². The second-order valence-electron chi connectivity index (χ2n) is 6.85. The Kier molecular flexibility index (Phi) is 7.93. The van der Waals surface area contributed by atoms with Crippen LogP contribution in [0, 0.1) is 0 Å². The molecule has 0 aliphatic heterocycles. The van der Waals surface area contributed by atoms with Gasteiger partial charge in [-0.3, -0.25) is 14.9 Å². The van der Waals surface area contributed by atoms with Crippen molar-refractivity contribution < 1.29 is 19.1 Å². The minimum Gasteiger partial charge on any atom is -0.450 e. The summed E-state index contributed by atoms with van der Waals surface area (Å²) < 4.78 is 4.84. The molecular weight excluding hydrogens is 420 g/mol. The Bertz CT molecular complexity index is 922. The Morgan fingerprint density at radius 1 is 1.03 bits per heavy atom. The quantitative estimate of drug-likeness (QED) is 0.467. The predicted molar refractivity (Wildman–Crippen MR) is 121 cm³/mol. The number of nitrogens with one attached hydrogen (secondary N) is 2. The molecule has 1 heterocycles. The zero-order valence-electron chi connectivity index (χ0n) is 17.2. The highest BCUT2D eigenvalue weighted by Gasteiger charge is 2.27. The smallest absolute Gasteiger partial charge is 0.414 e. The number of ether oxygens (including phenoxy) is 1. The van der Waals surface area contributed by atoms with Crippen molar-refractivity contribution >= 4 is 46.0 Å². The molecule has 6 nitrogen and oxygen atoms in total. The van der Waals surface area contributed by atoms with E-state index in [9.17, 15) is 14.4 Å². The Morgan fingerprint density at radius 2 is 1.77 bits per heavy atom. The van der Waals surface area contributed by atoms with Crippen LogP contribution < -0.4 is 10.6 Å². The van der Waals surface area contributed by atoms with Crippen LogP contribution in [0.5, 0.6) is 0 Å². The lowest BCUT2D eigenvalue weighted by molar-refractivity contribution is 0.0925. The average molecular weight is 447 g/mol. The fourth-order valence-corrected chi connectivity index (χ4v) is 5.38. The molecule has 0 fully saturated rings. The van der Waals surface area contributed by atoms with E-state index in [4.69, 9.17) is 4.74 Å². The second-order valence-corrected chi connectivity index (χ2v) is 9.30. The number of hydrogen-bond acceptors (Lipinski definition) is 6. The lowest BCUT2D eigenvalue weighted by Gasteiger charge is -2.10. The Balaban J connectivity index is 1.86. The van der Waals surface area contributed by atoms with E-state index < -0.39 is 12.0 Å². The van der Waals surface area contributed by atoms with E-state index in [0.29, 0.717) is 16.1 Å². The van der Waals surface area contributed by atoms with Crippen molar-refractivity contribution in [2.75, 3.05) is 17.7 Å². The van der Waals surface area contributed by atoms with E-state index in [1.807, 2.05) is 12.1 Å². The summed E-state index contributed by atoms with van der Waals surface area (Å²) in [6.45, 7) is 3.93. The largest absolute Gasteiger partial charge is 0.450 e. The summed E-state index contributed by atoms with van der Waals surface area (Å²) in [5, 5.41) is 5.67. The first-order chi connectivity index (χ1) is 14.5. The number of carbonyl (C=O) groups is 3. The zero-order valence-corrected chi connectivity index (χ0v) is 18.8. The van der Waals surface area contributed by atoms with E-state index in [2.05, 4.69) is 17.6 Å². The number of rotatable bonds is 6. The maximum absolute atomic E-state index is 12.9. The summed E-state index contributed by atoms with van der Waals surface area (Å²) in [6.07, 6.45) is 3.99. The molecular formula is C22H26N2O4S2. The molecule has 0 spiro atoms. The number of anilines is 1. The van der Waals surface area contributed by atoms with Crippen molar-refractivity contribution in [1.82, 2.24) is 5.32 Å². The number of alkyl carbamates (subject to hydrolysis) is 1. The second kappa shape index (κ2) is 10.6. The van der Waals surface area contributed by atoms with Crippen LogP contribution in [0.25, 0.3) is 0 Å². The van der Waals surface area contributed by atoms with Crippen LogP contribution in [0.15, 0.2) is 29.2 Å². The Hall–Kier alpha value is -2.32. The van der Waals surface area contributed by atoms with Crippen molar-refractivity contribution in [3.63, 3.8) is 0 Å². The topological polar surface area (TPSA) is 84.5 Å². The molecule has 1 aromatic heterocycles. The number of aryl methyl sites for hydroxylation is 1. The van der Waals surface area contributed by atoms with Crippen LogP contribution in [0.2, 0.25) is 0 Å². The van der Waals surface area contributed by atoms with Gasteiger partial charge < -0.3 is 10.1 Å². The molecule has 30 heavy (non-hydrogen) atoms. The van der Waals surface area contributed by atoms with E-state index in [1.54, 1.807) is 30.8 Å². The highest BCUT2D eigenvalue weighted by molar-refractivity contribution is 7.99. The third kappa shape index (κ3) is 5.43. The molecule has 2 N–H and O–H groups in total. The maximum Gasteiger partial charge on any atom is 0.414 e. The first-order valence-electron chi connectivity index (χ1n) is 10.2. The highest BCUT2D eigenvalue weighted by Crippen LogP contribution is 2.37. The maximum atomic E-state index is 12.9. The molecule has 1 aromatic carbocycles. The molecule has 0 saturated heterocycles. The van der Waals surface area contributed by atoms with Gasteiger partial charge in [0.15, 0.2) is 0 Å². The number of thiophene rings is 1. The first kappa shape index (κ1) is 22.4. The first-order valence-corrected chi connectivity index (χ1v) is 12.0. The van der Waals surface area contributed by atoms with Gasteiger partial charge in [0.05, 0.1) is 12.2 Å². The molecule has 0 unspecified atom stereocenters. The lowest BCUT2D eigenvalue weighted by Crippen LogP contribution is -2.32. The van der Waals surface area contributed by atoms with Crippen LogP contribution in [-0.2, 0) is 17.6 Å².